The van der Waals surface area contributed by atoms with Crippen LogP contribution in [0.2, 0.25) is 0 Å². The predicted octanol–water partition coefficient (Wildman–Crippen LogP) is 4.09. The molecule has 0 aromatic heterocycles. The number of nitrogens with zero attached hydrogens (tertiary/aromatic N) is 3. The van der Waals surface area contributed by atoms with E-state index in [0.717, 1.165) is 43.7 Å². The van der Waals surface area contributed by atoms with Crippen LogP contribution in [-0.4, -0.2) is 79.1 Å². The van der Waals surface area contributed by atoms with Gasteiger partial charge in [0.05, 0.1) is 13.1 Å². The van der Waals surface area contributed by atoms with Crippen LogP contribution in [0.5, 0.6) is 0 Å². The molecule has 8 heteroatoms. The van der Waals surface area contributed by atoms with Gasteiger partial charge in [0.25, 0.3) is 5.91 Å². The van der Waals surface area contributed by atoms with Crippen LogP contribution in [0.4, 0.5) is 10.5 Å². The molecule has 1 saturated heterocycles. The quantitative estimate of drug-likeness (QED) is 0.454. The number of nitrogens with one attached hydrogen (secondary N) is 1. The topological polar surface area (TPSA) is 65.1 Å². The van der Waals surface area contributed by atoms with Crippen molar-refractivity contribution < 1.29 is 14.3 Å². The predicted molar refractivity (Wildman–Crippen MR) is 132 cm³/mol. The van der Waals surface area contributed by atoms with Crippen LogP contribution in [0.3, 0.4) is 0 Å². The normalized spacial score (nSPS) is 20.1. The van der Waals surface area contributed by atoms with Gasteiger partial charge in [-0.05, 0) is 38.0 Å². The molecule has 180 valence electrons. The van der Waals surface area contributed by atoms with Gasteiger partial charge in [-0.25, -0.2) is 4.79 Å². The Hall–Kier alpha value is -2.35. The Kier molecular flexibility index (Phi) is 9.35. The number of piperazine rings is 1. The largest absolute Gasteiger partial charge is 0.453 e. The minimum absolute atomic E-state index is 0.0891. The molecule has 1 heterocycles. The lowest BCUT2D eigenvalue weighted by molar-refractivity contribution is -0.126. The highest BCUT2D eigenvalue weighted by Crippen LogP contribution is 2.36. The van der Waals surface area contributed by atoms with Gasteiger partial charge in [-0.1, -0.05) is 30.4 Å². The van der Waals surface area contributed by atoms with E-state index < -0.39 is 6.09 Å². The third-order valence-electron chi connectivity index (χ3n) is 6.47. The second-order valence-electron chi connectivity index (χ2n) is 8.36. The number of allylic oxidation sites excluding steroid dienone is 1. The number of rotatable bonds is 8. The first-order valence-corrected chi connectivity index (χ1v) is 12.2. The first kappa shape index (κ1) is 25.3. The van der Waals surface area contributed by atoms with Crippen molar-refractivity contribution in [2.75, 3.05) is 57.7 Å². The molecule has 33 heavy (non-hydrogen) atoms. The highest BCUT2D eigenvalue weighted by atomic mass is 35.5. The van der Waals surface area contributed by atoms with Gasteiger partial charge in [0.2, 0.25) is 0 Å². The number of hydrogen-bond donors (Lipinski definition) is 1. The van der Waals surface area contributed by atoms with E-state index in [2.05, 4.69) is 33.3 Å². The molecule has 0 radical (unpaired) electrons. The molecule has 1 aliphatic carbocycles. The average molecular weight is 475 g/mol. The van der Waals surface area contributed by atoms with Crippen LogP contribution in [0.25, 0.3) is 0 Å². The summed E-state index contributed by atoms with van der Waals surface area (Å²) in [5.41, 5.74) is 2.60. The molecule has 7 nitrogen and oxygen atoms in total. The molecular formula is C25H35ClN4O3. The summed E-state index contributed by atoms with van der Waals surface area (Å²) in [6.07, 6.45) is 6.53. The highest BCUT2D eigenvalue weighted by molar-refractivity contribution is 6.17. The Bertz CT molecular complexity index is 876. The van der Waals surface area contributed by atoms with E-state index >= 15 is 0 Å². The lowest BCUT2D eigenvalue weighted by Gasteiger charge is -2.42. The van der Waals surface area contributed by atoms with Crippen molar-refractivity contribution in [3.05, 3.63) is 53.6 Å². The van der Waals surface area contributed by atoms with Gasteiger partial charge in [0, 0.05) is 62.5 Å². The fourth-order valence-electron chi connectivity index (χ4n) is 4.58. The molecule has 3 rings (SSSR count). The van der Waals surface area contributed by atoms with E-state index in [4.69, 9.17) is 16.3 Å². The fraction of sp³-hybridized carbons (Fsp3) is 0.520. The molecule has 0 saturated carbocycles. The summed E-state index contributed by atoms with van der Waals surface area (Å²) in [7, 11) is 1.36. The van der Waals surface area contributed by atoms with E-state index in [0.29, 0.717) is 24.8 Å². The third-order valence-corrected chi connectivity index (χ3v) is 6.80. The van der Waals surface area contributed by atoms with Crippen LogP contribution in [0, 0.1) is 5.92 Å². The zero-order valence-corrected chi connectivity index (χ0v) is 20.6. The van der Waals surface area contributed by atoms with Crippen LogP contribution in [0.15, 0.2) is 48.1 Å². The van der Waals surface area contributed by atoms with Crippen LogP contribution in [-0.2, 0) is 9.53 Å². The number of carbonyl (C=O) groups is 2. The monoisotopic (exact) mass is 474 g/mol. The number of alkyl halides is 1. The molecular weight excluding hydrogens is 440 g/mol. The molecule has 0 spiro atoms. The van der Waals surface area contributed by atoms with Gasteiger partial charge in [-0.15, -0.1) is 11.6 Å². The Morgan fingerprint density at radius 3 is 2.52 bits per heavy atom. The van der Waals surface area contributed by atoms with E-state index in [-0.39, 0.29) is 17.9 Å². The number of methoxy groups -OCH3 is 1. The molecule has 2 atom stereocenters. The smallest absolute Gasteiger partial charge is 0.411 e. The number of anilines is 1. The third kappa shape index (κ3) is 6.37. The van der Waals surface area contributed by atoms with E-state index in [1.807, 2.05) is 43.0 Å². The van der Waals surface area contributed by atoms with Crippen LogP contribution in [0.1, 0.15) is 31.9 Å². The molecule has 0 bridgehead atoms. The standard InChI is InChI=1S/C25H35ClN4O3/c1-4-29(5-2)24(31)20-11-9-19(10-12-20)23(30-15-13-28(18-26)14-16-30)21-7-6-8-22(17-21)27-25(32)33-3/h6-9,11-12,17,19,23H,4-5,10,13-16,18H2,1-3H3,(H,27,32)/t19?,23-/m1/s1. The lowest BCUT2D eigenvalue weighted by Crippen LogP contribution is -2.48. The Labute approximate surface area is 202 Å². The maximum Gasteiger partial charge on any atom is 0.411 e. The van der Waals surface area contributed by atoms with Gasteiger partial charge < -0.3 is 9.64 Å². The number of hydrogen-bond acceptors (Lipinski definition) is 5. The summed E-state index contributed by atoms with van der Waals surface area (Å²) in [6, 6.07) is 8.61. The molecule has 1 aromatic carbocycles. The first-order chi connectivity index (χ1) is 16.0. The van der Waals surface area contributed by atoms with Crippen molar-refractivity contribution in [2.24, 2.45) is 5.92 Å². The maximum absolute atomic E-state index is 12.8. The minimum Gasteiger partial charge on any atom is -0.453 e. The zero-order valence-electron chi connectivity index (χ0n) is 19.8. The number of halogens is 1. The summed E-state index contributed by atoms with van der Waals surface area (Å²) < 4.78 is 4.75. The minimum atomic E-state index is -0.487. The van der Waals surface area contributed by atoms with Crippen LogP contribution < -0.4 is 5.32 Å². The van der Waals surface area contributed by atoms with E-state index in [9.17, 15) is 9.59 Å². The summed E-state index contributed by atoms with van der Waals surface area (Å²) in [5, 5.41) is 2.77. The summed E-state index contributed by atoms with van der Waals surface area (Å²) in [5.74, 6) is 0.306. The number of carbonyl (C=O) groups excluding carboxylic acids is 2. The summed E-state index contributed by atoms with van der Waals surface area (Å²) in [6.45, 7) is 9.06. The SMILES string of the molecule is CCN(CC)C(=O)C1=CCC([C@H](c2cccc(NC(=O)OC)c2)N2CCN(CCl)CC2)C=C1. The number of ether oxygens (including phenoxy) is 1. The van der Waals surface area contributed by atoms with Crippen molar-refractivity contribution in [3.8, 4) is 0 Å². The van der Waals surface area contributed by atoms with Gasteiger partial charge in [0.15, 0.2) is 0 Å². The summed E-state index contributed by atoms with van der Waals surface area (Å²) in [4.78, 5) is 31.1. The van der Waals surface area contributed by atoms with Crippen molar-refractivity contribution in [2.45, 2.75) is 26.3 Å². The van der Waals surface area contributed by atoms with Gasteiger partial charge in [-0.2, -0.15) is 0 Å². The average Bonchev–Trinajstić information content (AvgIpc) is 2.86. The van der Waals surface area contributed by atoms with Gasteiger partial charge >= 0.3 is 6.09 Å². The second kappa shape index (κ2) is 12.2. The van der Waals surface area contributed by atoms with E-state index in [1.54, 1.807) is 0 Å². The van der Waals surface area contributed by atoms with Crippen LogP contribution >= 0.6 is 11.6 Å². The number of benzene rings is 1. The molecule has 1 aromatic rings. The maximum atomic E-state index is 12.8. The Morgan fingerprint density at radius 2 is 1.94 bits per heavy atom. The Morgan fingerprint density at radius 1 is 1.21 bits per heavy atom. The molecule has 1 aliphatic heterocycles. The number of likely N-dealkylation sites (N-methyl/N-ethyl adjacent to an activating group) is 1. The lowest BCUT2D eigenvalue weighted by atomic mass is 9.84. The van der Waals surface area contributed by atoms with Gasteiger partial charge in [0.1, 0.15) is 0 Å². The second-order valence-corrected chi connectivity index (χ2v) is 8.60. The number of amides is 2. The molecule has 1 fully saturated rings. The molecule has 2 aliphatic rings. The summed E-state index contributed by atoms with van der Waals surface area (Å²) >= 11 is 6.05. The molecule has 2 amide bonds. The van der Waals surface area contributed by atoms with Crippen molar-refractivity contribution in [3.63, 3.8) is 0 Å². The van der Waals surface area contributed by atoms with Crippen molar-refractivity contribution in [1.82, 2.24) is 14.7 Å². The first-order valence-electron chi connectivity index (χ1n) is 11.7. The van der Waals surface area contributed by atoms with Gasteiger partial charge in [-0.3, -0.25) is 19.9 Å². The van der Waals surface area contributed by atoms with E-state index in [1.165, 1.54) is 7.11 Å². The molecule has 1 unspecified atom stereocenters. The Balaban J connectivity index is 1.84. The fourth-order valence-corrected chi connectivity index (χ4v) is 4.82. The zero-order chi connectivity index (χ0) is 23.8. The molecule has 1 N–H and O–H groups in total. The highest BCUT2D eigenvalue weighted by Gasteiger charge is 2.31. The van der Waals surface area contributed by atoms with Crippen molar-refractivity contribution in [1.29, 1.82) is 0 Å². The van der Waals surface area contributed by atoms with Crippen molar-refractivity contribution >= 4 is 29.3 Å².